The van der Waals surface area contributed by atoms with Gasteiger partial charge in [-0.2, -0.15) is 0 Å². The van der Waals surface area contributed by atoms with Crippen molar-refractivity contribution in [1.29, 1.82) is 0 Å². The van der Waals surface area contributed by atoms with Gasteiger partial charge in [0.15, 0.2) is 11.7 Å². The Kier molecular flexibility index (Phi) is 3.23. The predicted molar refractivity (Wildman–Crippen MR) is 78.3 cm³/mol. The molecule has 2 aliphatic heterocycles. The van der Waals surface area contributed by atoms with Gasteiger partial charge in [0.1, 0.15) is 5.69 Å². The van der Waals surface area contributed by atoms with Crippen LogP contribution < -0.4 is 4.90 Å². The lowest BCUT2D eigenvalue weighted by Crippen LogP contribution is -2.53. The van der Waals surface area contributed by atoms with Crippen molar-refractivity contribution in [2.75, 3.05) is 18.0 Å². The summed E-state index contributed by atoms with van der Waals surface area (Å²) in [7, 11) is 0. The number of fused-ring (bicyclic) bond motifs is 3. The minimum absolute atomic E-state index is 0.0184. The number of imidazole rings is 1. The molecule has 3 heterocycles. The second kappa shape index (κ2) is 4.92. The molecule has 3 rings (SSSR count). The van der Waals surface area contributed by atoms with Gasteiger partial charge in [0.05, 0.1) is 18.9 Å². The van der Waals surface area contributed by atoms with Crippen LogP contribution in [0.5, 0.6) is 0 Å². The molecule has 6 heteroatoms. The van der Waals surface area contributed by atoms with Gasteiger partial charge in [0.25, 0.3) is 0 Å². The molecule has 0 aromatic carbocycles. The molecule has 0 saturated heterocycles. The third kappa shape index (κ3) is 1.74. The van der Waals surface area contributed by atoms with E-state index in [1.165, 1.54) is 0 Å². The van der Waals surface area contributed by atoms with Gasteiger partial charge in [-0.3, -0.25) is 14.8 Å². The monoisotopic (exact) mass is 275 g/mol. The van der Waals surface area contributed by atoms with Gasteiger partial charge < -0.3 is 4.57 Å². The highest BCUT2D eigenvalue weighted by Crippen LogP contribution is 2.32. The molecular formula is C14H21N5O. The molecule has 1 aromatic heterocycles. The highest BCUT2D eigenvalue weighted by atomic mass is 16.2. The molecule has 20 heavy (non-hydrogen) atoms. The van der Waals surface area contributed by atoms with Gasteiger partial charge in [0, 0.05) is 13.1 Å². The number of rotatable bonds is 4. The average Bonchev–Trinajstić information content (AvgIpc) is 2.99. The van der Waals surface area contributed by atoms with Crippen LogP contribution in [0.1, 0.15) is 39.3 Å². The van der Waals surface area contributed by atoms with Crippen LogP contribution in [0.2, 0.25) is 0 Å². The van der Waals surface area contributed by atoms with Gasteiger partial charge in [-0.05, 0) is 19.8 Å². The van der Waals surface area contributed by atoms with Gasteiger partial charge in [-0.1, -0.05) is 13.8 Å². The number of nitrogens with zero attached hydrogens (tertiary/aromatic N) is 5. The molecule has 0 radical (unpaired) electrons. The Labute approximate surface area is 119 Å². The topological polar surface area (TPSA) is 53.7 Å². The molecule has 0 saturated carbocycles. The average molecular weight is 275 g/mol. The molecule has 0 spiro atoms. The number of urea groups is 1. The quantitative estimate of drug-likeness (QED) is 0.845. The standard InChI is InChI=1S/C14H21N5O/c1-4-6-17-9-16-12-11(17)13-15-8-10(3)19(13)14(20)18(12)7-5-2/h9-10H,4-8H2,1-3H3/t10-/m1/s1. The van der Waals surface area contributed by atoms with Crippen molar-refractivity contribution in [3.63, 3.8) is 0 Å². The fourth-order valence-corrected chi connectivity index (χ4v) is 2.91. The van der Waals surface area contributed by atoms with E-state index in [1.54, 1.807) is 4.90 Å². The second-order valence-electron chi connectivity index (χ2n) is 5.43. The van der Waals surface area contributed by atoms with Crippen molar-refractivity contribution in [2.24, 2.45) is 4.99 Å². The zero-order chi connectivity index (χ0) is 14.3. The first-order chi connectivity index (χ1) is 9.69. The number of aromatic nitrogens is 2. The number of carbonyl (C=O) groups excluding carboxylic acids is 1. The number of amidine groups is 1. The first-order valence-electron chi connectivity index (χ1n) is 7.39. The number of hydrogen-bond donors (Lipinski definition) is 0. The maximum absolute atomic E-state index is 12.7. The summed E-state index contributed by atoms with van der Waals surface area (Å²) in [5.74, 6) is 1.57. The molecule has 0 unspecified atom stereocenters. The lowest BCUT2D eigenvalue weighted by Gasteiger charge is -2.35. The Morgan fingerprint density at radius 3 is 2.75 bits per heavy atom. The highest BCUT2D eigenvalue weighted by molar-refractivity contribution is 6.18. The SMILES string of the molecule is CCCN1C(=O)N2C(=NC[C@H]2C)c2c1ncn2CCC. The summed E-state index contributed by atoms with van der Waals surface area (Å²) in [5, 5.41) is 0. The van der Waals surface area contributed by atoms with E-state index in [1.807, 2.05) is 18.2 Å². The third-order valence-corrected chi connectivity index (χ3v) is 3.81. The molecular weight excluding hydrogens is 254 g/mol. The van der Waals surface area contributed by atoms with E-state index in [0.717, 1.165) is 36.7 Å². The second-order valence-corrected chi connectivity index (χ2v) is 5.43. The number of amides is 2. The Morgan fingerprint density at radius 2 is 2.05 bits per heavy atom. The summed E-state index contributed by atoms with van der Waals surface area (Å²) in [6, 6.07) is 0.153. The largest absolute Gasteiger partial charge is 0.331 e. The third-order valence-electron chi connectivity index (χ3n) is 3.81. The molecule has 0 aliphatic carbocycles. The van der Waals surface area contributed by atoms with Gasteiger partial charge in [-0.15, -0.1) is 0 Å². The van der Waals surface area contributed by atoms with E-state index in [9.17, 15) is 4.79 Å². The number of carbonyl (C=O) groups is 1. The molecule has 0 N–H and O–H groups in total. The molecule has 1 aromatic rings. The summed E-state index contributed by atoms with van der Waals surface area (Å²) in [4.78, 5) is 25.3. The minimum Gasteiger partial charge on any atom is -0.326 e. The van der Waals surface area contributed by atoms with Gasteiger partial charge in [-0.25, -0.2) is 9.78 Å². The van der Waals surface area contributed by atoms with Crippen molar-refractivity contribution in [1.82, 2.24) is 14.5 Å². The summed E-state index contributed by atoms with van der Waals surface area (Å²) in [6.07, 6.45) is 3.78. The number of hydrogen-bond acceptors (Lipinski definition) is 3. The predicted octanol–water partition coefficient (Wildman–Crippen LogP) is 2.09. The molecule has 0 bridgehead atoms. The lowest BCUT2D eigenvalue weighted by atomic mass is 10.2. The van der Waals surface area contributed by atoms with Crippen LogP contribution in [0.15, 0.2) is 11.3 Å². The Bertz CT molecular complexity index is 562. The van der Waals surface area contributed by atoms with Crippen LogP contribution in [0, 0.1) is 0 Å². The molecule has 1 atom stereocenters. The number of aliphatic imine (C=N–C) groups is 1. The lowest BCUT2D eigenvalue weighted by molar-refractivity contribution is 0.220. The summed E-state index contributed by atoms with van der Waals surface area (Å²) < 4.78 is 2.12. The van der Waals surface area contributed by atoms with Crippen LogP contribution in [-0.2, 0) is 6.54 Å². The van der Waals surface area contributed by atoms with E-state index in [0.29, 0.717) is 13.1 Å². The molecule has 108 valence electrons. The van der Waals surface area contributed by atoms with Crippen LogP contribution in [0.25, 0.3) is 0 Å². The van der Waals surface area contributed by atoms with Crippen LogP contribution in [0.4, 0.5) is 10.6 Å². The van der Waals surface area contributed by atoms with Crippen LogP contribution in [0.3, 0.4) is 0 Å². The summed E-state index contributed by atoms with van der Waals surface area (Å²) >= 11 is 0. The summed E-state index contributed by atoms with van der Waals surface area (Å²) in [5.41, 5.74) is 1.00. The minimum atomic E-state index is 0.0184. The van der Waals surface area contributed by atoms with Crippen LogP contribution in [-0.4, -0.2) is 45.4 Å². The fraction of sp³-hybridized carbons (Fsp3) is 0.643. The van der Waals surface area contributed by atoms with E-state index >= 15 is 0 Å². The van der Waals surface area contributed by atoms with Gasteiger partial charge in [0.2, 0.25) is 0 Å². The van der Waals surface area contributed by atoms with E-state index in [4.69, 9.17) is 0 Å². The molecule has 6 nitrogen and oxygen atoms in total. The normalized spacial score (nSPS) is 21.1. The van der Waals surface area contributed by atoms with Crippen molar-refractivity contribution in [3.8, 4) is 0 Å². The highest BCUT2D eigenvalue weighted by Gasteiger charge is 2.42. The zero-order valence-corrected chi connectivity index (χ0v) is 12.3. The van der Waals surface area contributed by atoms with E-state index in [2.05, 4.69) is 28.4 Å². The van der Waals surface area contributed by atoms with Crippen LogP contribution >= 0.6 is 0 Å². The Hall–Kier alpha value is -1.85. The Morgan fingerprint density at radius 1 is 1.30 bits per heavy atom. The molecule has 2 aliphatic rings. The maximum atomic E-state index is 12.7. The first kappa shape index (κ1) is 13.1. The molecule has 2 amide bonds. The zero-order valence-electron chi connectivity index (χ0n) is 12.3. The van der Waals surface area contributed by atoms with Crippen molar-refractivity contribution < 1.29 is 4.79 Å². The Balaban J connectivity index is 2.11. The van der Waals surface area contributed by atoms with Gasteiger partial charge >= 0.3 is 6.03 Å². The van der Waals surface area contributed by atoms with Crippen molar-refractivity contribution in [2.45, 2.75) is 46.2 Å². The molecule has 0 fully saturated rings. The number of anilines is 1. The van der Waals surface area contributed by atoms with Crippen molar-refractivity contribution >= 4 is 17.7 Å². The smallest absolute Gasteiger partial charge is 0.326 e. The fourth-order valence-electron chi connectivity index (χ4n) is 2.91. The summed E-state index contributed by atoms with van der Waals surface area (Å²) in [6.45, 7) is 8.54. The number of aryl methyl sites for hydroxylation is 1. The maximum Gasteiger partial charge on any atom is 0.331 e. The first-order valence-corrected chi connectivity index (χ1v) is 7.39. The van der Waals surface area contributed by atoms with Crippen molar-refractivity contribution in [3.05, 3.63) is 12.0 Å². The van der Waals surface area contributed by atoms with E-state index in [-0.39, 0.29) is 12.1 Å². The van der Waals surface area contributed by atoms with E-state index < -0.39 is 0 Å².